The van der Waals surface area contributed by atoms with Crippen molar-refractivity contribution in [2.24, 2.45) is 0 Å². The number of nitriles is 1. The summed E-state index contributed by atoms with van der Waals surface area (Å²) in [7, 11) is 0. The van der Waals surface area contributed by atoms with Gasteiger partial charge in [-0.1, -0.05) is 24.3 Å². The van der Waals surface area contributed by atoms with Crippen LogP contribution >= 0.6 is 11.6 Å². The first kappa shape index (κ1) is 9.63. The molecule has 0 aliphatic heterocycles. The number of hydrogen-bond acceptors (Lipinski definition) is 2. The Balaban J connectivity index is 2.94. The van der Waals surface area contributed by atoms with Crippen molar-refractivity contribution >= 4 is 11.6 Å². The van der Waals surface area contributed by atoms with Gasteiger partial charge in [0.15, 0.2) is 0 Å². The van der Waals surface area contributed by atoms with E-state index in [0.717, 1.165) is 0 Å². The summed E-state index contributed by atoms with van der Waals surface area (Å²) in [6.45, 7) is 3.90. The molecule has 0 radical (unpaired) electrons. The van der Waals surface area contributed by atoms with E-state index < -0.39 is 0 Å². The zero-order valence-corrected chi connectivity index (χ0v) is 7.71. The molecular formula is C10H8ClNO. The smallest absolute Gasteiger partial charge is 0.137 e. The van der Waals surface area contributed by atoms with Crippen LogP contribution in [0.15, 0.2) is 30.9 Å². The average molecular weight is 194 g/mol. The normalized spacial score (nSPS) is 8.92. The van der Waals surface area contributed by atoms with Gasteiger partial charge in [-0.3, -0.25) is 0 Å². The summed E-state index contributed by atoms with van der Waals surface area (Å²) in [5.74, 6) is 0.534. The highest BCUT2D eigenvalue weighted by Crippen LogP contribution is 2.21. The molecule has 0 aromatic heterocycles. The molecule has 0 saturated carbocycles. The molecule has 0 spiro atoms. The molecule has 0 bridgehead atoms. The van der Waals surface area contributed by atoms with E-state index >= 15 is 0 Å². The van der Waals surface area contributed by atoms with Gasteiger partial charge in [-0.15, -0.1) is 0 Å². The summed E-state index contributed by atoms with van der Waals surface area (Å²) in [5.41, 5.74) is 0.439. The van der Waals surface area contributed by atoms with E-state index in [4.69, 9.17) is 21.6 Å². The molecule has 0 aliphatic rings. The van der Waals surface area contributed by atoms with E-state index in [1.54, 1.807) is 24.3 Å². The van der Waals surface area contributed by atoms with Gasteiger partial charge in [-0.05, 0) is 18.2 Å². The minimum atomic E-state index is 0.385. The molecule has 0 heterocycles. The second-order valence-electron chi connectivity index (χ2n) is 2.35. The van der Waals surface area contributed by atoms with Crippen molar-refractivity contribution in [2.75, 3.05) is 6.61 Å². The van der Waals surface area contributed by atoms with E-state index in [2.05, 4.69) is 6.58 Å². The Hall–Kier alpha value is -1.46. The zero-order valence-electron chi connectivity index (χ0n) is 6.96. The van der Waals surface area contributed by atoms with Crippen LogP contribution in [0.25, 0.3) is 0 Å². The lowest BCUT2D eigenvalue weighted by molar-refractivity contribution is 0.362. The second-order valence-corrected chi connectivity index (χ2v) is 2.79. The highest BCUT2D eigenvalue weighted by Gasteiger charge is 2.02. The monoisotopic (exact) mass is 193 g/mol. The quantitative estimate of drug-likeness (QED) is 0.692. The van der Waals surface area contributed by atoms with Crippen LogP contribution < -0.4 is 4.74 Å². The Bertz CT molecular complexity index is 354. The number of rotatable bonds is 3. The van der Waals surface area contributed by atoms with Crippen molar-refractivity contribution in [3.8, 4) is 11.8 Å². The third-order valence-electron chi connectivity index (χ3n) is 1.42. The van der Waals surface area contributed by atoms with Crippen molar-refractivity contribution < 1.29 is 4.74 Å². The molecular weight excluding hydrogens is 186 g/mol. The zero-order chi connectivity index (χ0) is 9.68. The van der Waals surface area contributed by atoms with Gasteiger partial charge in [0, 0.05) is 5.02 Å². The van der Waals surface area contributed by atoms with Gasteiger partial charge in [0.1, 0.15) is 18.4 Å². The largest absolute Gasteiger partial charge is 0.488 e. The fourth-order valence-electron chi connectivity index (χ4n) is 0.864. The maximum absolute atomic E-state index is 8.73. The molecule has 66 valence electrons. The number of nitrogens with zero attached hydrogens (tertiary/aromatic N) is 1. The Kier molecular flexibility index (Phi) is 3.36. The van der Waals surface area contributed by atoms with Gasteiger partial charge >= 0.3 is 0 Å². The summed E-state index contributed by atoms with van der Waals surface area (Å²) in [6.07, 6.45) is 1.62. The second kappa shape index (κ2) is 4.54. The predicted octanol–water partition coefficient (Wildman–Crippen LogP) is 2.78. The van der Waals surface area contributed by atoms with E-state index in [1.165, 1.54) is 0 Å². The molecule has 0 saturated heterocycles. The maximum Gasteiger partial charge on any atom is 0.137 e. The molecule has 1 rings (SSSR count). The first-order valence-electron chi connectivity index (χ1n) is 3.71. The summed E-state index contributed by atoms with van der Waals surface area (Å²) in [6, 6.07) is 6.92. The standard InChI is InChI=1S/C10H8ClNO/c1-2-5-13-10-4-3-9(11)6-8(10)7-12/h2-4,6H,1,5H2. The molecule has 0 unspecified atom stereocenters. The molecule has 0 amide bonds. The lowest BCUT2D eigenvalue weighted by atomic mass is 10.2. The summed E-state index contributed by atoms with van der Waals surface area (Å²) in [5, 5.41) is 9.26. The van der Waals surface area contributed by atoms with Crippen LogP contribution in [0.2, 0.25) is 5.02 Å². The van der Waals surface area contributed by atoms with Crippen molar-refractivity contribution in [3.63, 3.8) is 0 Å². The lowest BCUT2D eigenvalue weighted by Crippen LogP contribution is -1.94. The predicted molar refractivity (Wildman–Crippen MR) is 51.9 cm³/mol. The first-order valence-corrected chi connectivity index (χ1v) is 4.09. The summed E-state index contributed by atoms with van der Waals surface area (Å²) in [4.78, 5) is 0. The number of hydrogen-bond donors (Lipinski definition) is 0. The lowest BCUT2D eigenvalue weighted by Gasteiger charge is -2.04. The van der Waals surface area contributed by atoms with Crippen LogP contribution in [0.1, 0.15) is 5.56 Å². The van der Waals surface area contributed by atoms with Crippen LogP contribution in [-0.2, 0) is 0 Å². The van der Waals surface area contributed by atoms with Crippen LogP contribution in [0.5, 0.6) is 5.75 Å². The van der Waals surface area contributed by atoms with E-state index in [-0.39, 0.29) is 0 Å². The van der Waals surface area contributed by atoms with Crippen molar-refractivity contribution in [3.05, 3.63) is 41.4 Å². The van der Waals surface area contributed by atoms with Gasteiger partial charge < -0.3 is 4.74 Å². The SMILES string of the molecule is C=CCOc1ccc(Cl)cc1C#N. The minimum absolute atomic E-state index is 0.385. The molecule has 1 aromatic carbocycles. The van der Waals surface area contributed by atoms with Crippen molar-refractivity contribution in [1.29, 1.82) is 5.26 Å². The van der Waals surface area contributed by atoms with Gasteiger partial charge in [0.05, 0.1) is 5.56 Å². The van der Waals surface area contributed by atoms with Gasteiger partial charge in [0.2, 0.25) is 0 Å². The van der Waals surface area contributed by atoms with E-state index in [0.29, 0.717) is 22.9 Å². The molecule has 0 N–H and O–H groups in total. The molecule has 13 heavy (non-hydrogen) atoms. The van der Waals surface area contributed by atoms with Crippen molar-refractivity contribution in [1.82, 2.24) is 0 Å². The minimum Gasteiger partial charge on any atom is -0.488 e. The number of halogens is 1. The maximum atomic E-state index is 8.73. The third kappa shape index (κ3) is 2.50. The molecule has 0 fully saturated rings. The van der Waals surface area contributed by atoms with Crippen molar-refractivity contribution in [2.45, 2.75) is 0 Å². The fraction of sp³-hybridized carbons (Fsp3) is 0.100. The Morgan fingerprint density at radius 2 is 2.38 bits per heavy atom. The molecule has 3 heteroatoms. The van der Waals surface area contributed by atoms with Gasteiger partial charge in [-0.25, -0.2) is 0 Å². The van der Waals surface area contributed by atoms with Crippen LogP contribution in [-0.4, -0.2) is 6.61 Å². The number of benzene rings is 1. The molecule has 1 aromatic rings. The van der Waals surface area contributed by atoms with Crippen LogP contribution in [0.4, 0.5) is 0 Å². The summed E-state index contributed by atoms with van der Waals surface area (Å²) < 4.78 is 5.23. The topological polar surface area (TPSA) is 33.0 Å². The van der Waals surface area contributed by atoms with Gasteiger partial charge in [0.25, 0.3) is 0 Å². The Labute approximate surface area is 82.0 Å². The molecule has 0 aliphatic carbocycles. The Morgan fingerprint density at radius 1 is 1.62 bits per heavy atom. The van der Waals surface area contributed by atoms with Crippen LogP contribution in [0, 0.1) is 11.3 Å². The van der Waals surface area contributed by atoms with Gasteiger partial charge in [-0.2, -0.15) is 5.26 Å². The fourth-order valence-corrected chi connectivity index (χ4v) is 1.04. The van der Waals surface area contributed by atoms with E-state index in [9.17, 15) is 0 Å². The molecule has 0 atom stereocenters. The Morgan fingerprint density at radius 3 is 3.00 bits per heavy atom. The highest BCUT2D eigenvalue weighted by atomic mass is 35.5. The number of ether oxygens (including phenoxy) is 1. The molecule has 2 nitrogen and oxygen atoms in total. The highest BCUT2D eigenvalue weighted by molar-refractivity contribution is 6.30. The average Bonchev–Trinajstić information content (AvgIpc) is 2.16. The summed E-state index contributed by atoms with van der Waals surface area (Å²) >= 11 is 5.70. The van der Waals surface area contributed by atoms with Crippen LogP contribution in [0.3, 0.4) is 0 Å². The third-order valence-corrected chi connectivity index (χ3v) is 1.65. The first-order chi connectivity index (χ1) is 6.27. The van der Waals surface area contributed by atoms with E-state index in [1.807, 2.05) is 6.07 Å².